The van der Waals surface area contributed by atoms with Crippen LogP contribution in [0.25, 0.3) is 0 Å². The highest BCUT2D eigenvalue weighted by Gasteiger charge is 2.36. The van der Waals surface area contributed by atoms with Gasteiger partial charge in [-0.25, -0.2) is 0 Å². The minimum Gasteiger partial charge on any atom is -0.380 e. The number of likely N-dealkylation sites (N-methyl/N-ethyl adjacent to an activating group) is 1. The lowest BCUT2D eigenvalue weighted by atomic mass is 9.73. The van der Waals surface area contributed by atoms with Gasteiger partial charge in [-0.05, 0) is 50.0 Å². The fourth-order valence-corrected chi connectivity index (χ4v) is 4.53. The molecule has 0 aromatic heterocycles. The highest BCUT2D eigenvalue weighted by molar-refractivity contribution is 4.90. The summed E-state index contributed by atoms with van der Waals surface area (Å²) in [4.78, 5) is 0. The zero-order chi connectivity index (χ0) is 14.4. The summed E-state index contributed by atoms with van der Waals surface area (Å²) in [6.07, 6.45) is 13.1. The number of hydrogen-bond donors (Lipinski definition) is 1. The largest absolute Gasteiger partial charge is 0.380 e. The zero-order valence-corrected chi connectivity index (χ0v) is 13.9. The molecule has 2 unspecified atom stereocenters. The molecule has 2 nitrogen and oxygen atoms in total. The number of methoxy groups -OCH3 is 1. The SMILES string of the molecule is CCNC(C1CCC(C)CC1)C(OC)C1CCCCC1. The Hall–Kier alpha value is -0.0800. The van der Waals surface area contributed by atoms with E-state index in [0.717, 1.165) is 24.3 Å². The summed E-state index contributed by atoms with van der Waals surface area (Å²) in [5.74, 6) is 2.55. The van der Waals surface area contributed by atoms with E-state index in [2.05, 4.69) is 19.2 Å². The first-order chi connectivity index (χ1) is 9.76. The first-order valence-corrected chi connectivity index (χ1v) is 9.02. The van der Waals surface area contributed by atoms with Crippen molar-refractivity contribution < 1.29 is 4.74 Å². The van der Waals surface area contributed by atoms with E-state index in [-0.39, 0.29) is 0 Å². The van der Waals surface area contributed by atoms with Gasteiger partial charge in [0.05, 0.1) is 6.10 Å². The van der Waals surface area contributed by atoms with E-state index in [1.165, 1.54) is 57.8 Å². The van der Waals surface area contributed by atoms with E-state index in [0.29, 0.717) is 12.1 Å². The Morgan fingerprint density at radius 1 is 0.950 bits per heavy atom. The monoisotopic (exact) mass is 281 g/mol. The molecule has 2 saturated carbocycles. The summed E-state index contributed by atoms with van der Waals surface area (Å²) in [7, 11) is 1.94. The Balaban J connectivity index is 2.00. The van der Waals surface area contributed by atoms with Crippen LogP contribution in [0.3, 0.4) is 0 Å². The Morgan fingerprint density at radius 2 is 1.60 bits per heavy atom. The Kier molecular flexibility index (Phi) is 6.83. The molecule has 2 heteroatoms. The molecule has 2 rings (SSSR count). The summed E-state index contributed by atoms with van der Waals surface area (Å²) >= 11 is 0. The summed E-state index contributed by atoms with van der Waals surface area (Å²) < 4.78 is 6.02. The van der Waals surface area contributed by atoms with Crippen molar-refractivity contribution in [2.75, 3.05) is 13.7 Å². The van der Waals surface area contributed by atoms with E-state index < -0.39 is 0 Å². The molecule has 0 aromatic rings. The first kappa shape index (κ1) is 16.3. The van der Waals surface area contributed by atoms with Crippen LogP contribution in [0.4, 0.5) is 0 Å². The van der Waals surface area contributed by atoms with Crippen molar-refractivity contribution in [2.45, 2.75) is 83.8 Å². The predicted molar refractivity (Wildman–Crippen MR) is 86.0 cm³/mol. The maximum absolute atomic E-state index is 6.02. The second-order valence-electron chi connectivity index (χ2n) is 7.20. The average molecular weight is 281 g/mol. The zero-order valence-electron chi connectivity index (χ0n) is 13.9. The molecule has 0 aliphatic heterocycles. The van der Waals surface area contributed by atoms with Crippen molar-refractivity contribution in [1.82, 2.24) is 5.32 Å². The van der Waals surface area contributed by atoms with Crippen LogP contribution in [0.2, 0.25) is 0 Å². The van der Waals surface area contributed by atoms with Gasteiger partial charge < -0.3 is 10.1 Å². The van der Waals surface area contributed by atoms with Crippen molar-refractivity contribution >= 4 is 0 Å². The van der Waals surface area contributed by atoms with Crippen molar-refractivity contribution in [3.63, 3.8) is 0 Å². The molecule has 2 atom stereocenters. The van der Waals surface area contributed by atoms with Crippen molar-refractivity contribution in [3.05, 3.63) is 0 Å². The predicted octanol–water partition coefficient (Wildman–Crippen LogP) is 4.39. The average Bonchev–Trinajstić information content (AvgIpc) is 2.49. The second-order valence-corrected chi connectivity index (χ2v) is 7.20. The lowest BCUT2D eigenvalue weighted by Gasteiger charge is -2.41. The number of ether oxygens (including phenoxy) is 1. The van der Waals surface area contributed by atoms with Gasteiger partial charge in [-0.2, -0.15) is 0 Å². The van der Waals surface area contributed by atoms with E-state index in [1.807, 2.05) is 7.11 Å². The smallest absolute Gasteiger partial charge is 0.0755 e. The third-order valence-corrected chi connectivity index (χ3v) is 5.75. The van der Waals surface area contributed by atoms with Gasteiger partial charge in [-0.1, -0.05) is 46.0 Å². The van der Waals surface area contributed by atoms with Crippen molar-refractivity contribution in [2.24, 2.45) is 17.8 Å². The molecule has 2 fully saturated rings. The molecule has 0 amide bonds. The fraction of sp³-hybridized carbons (Fsp3) is 1.00. The first-order valence-electron chi connectivity index (χ1n) is 9.02. The van der Waals surface area contributed by atoms with Gasteiger partial charge in [0.2, 0.25) is 0 Å². The lowest BCUT2D eigenvalue weighted by molar-refractivity contribution is -0.0142. The van der Waals surface area contributed by atoms with Crippen LogP contribution in [-0.4, -0.2) is 25.8 Å². The van der Waals surface area contributed by atoms with Crippen LogP contribution in [-0.2, 0) is 4.74 Å². The summed E-state index contributed by atoms with van der Waals surface area (Å²) in [6.45, 7) is 5.72. The molecular weight excluding hydrogens is 246 g/mol. The highest BCUT2D eigenvalue weighted by atomic mass is 16.5. The molecule has 0 heterocycles. The van der Waals surface area contributed by atoms with Crippen molar-refractivity contribution in [1.29, 1.82) is 0 Å². The number of nitrogens with one attached hydrogen (secondary N) is 1. The Morgan fingerprint density at radius 3 is 2.15 bits per heavy atom. The molecule has 0 spiro atoms. The number of hydrogen-bond acceptors (Lipinski definition) is 2. The molecule has 0 bridgehead atoms. The molecule has 118 valence electrons. The summed E-state index contributed by atoms with van der Waals surface area (Å²) in [5.41, 5.74) is 0. The molecule has 1 N–H and O–H groups in total. The third kappa shape index (κ3) is 4.21. The molecule has 2 aliphatic carbocycles. The van der Waals surface area contributed by atoms with Gasteiger partial charge in [-0.15, -0.1) is 0 Å². The van der Waals surface area contributed by atoms with Crippen LogP contribution < -0.4 is 5.32 Å². The fourth-order valence-electron chi connectivity index (χ4n) is 4.53. The van der Waals surface area contributed by atoms with E-state index >= 15 is 0 Å². The summed E-state index contributed by atoms with van der Waals surface area (Å²) in [5, 5.41) is 3.79. The Labute approximate surface area is 126 Å². The lowest BCUT2D eigenvalue weighted by Crippen LogP contribution is -2.50. The standard InChI is InChI=1S/C18H35NO/c1-4-19-17(15-12-10-14(2)11-13-15)18(20-3)16-8-6-5-7-9-16/h14-19H,4-13H2,1-3H3. The van der Waals surface area contributed by atoms with Gasteiger partial charge in [0, 0.05) is 13.2 Å². The maximum atomic E-state index is 6.02. The van der Waals surface area contributed by atoms with E-state index in [9.17, 15) is 0 Å². The summed E-state index contributed by atoms with van der Waals surface area (Å²) in [6, 6.07) is 0.584. The van der Waals surface area contributed by atoms with Crippen LogP contribution in [0.5, 0.6) is 0 Å². The molecular formula is C18H35NO. The molecule has 0 radical (unpaired) electrons. The molecule has 2 aliphatic rings. The minimum atomic E-state index is 0.439. The van der Waals surface area contributed by atoms with Crippen LogP contribution >= 0.6 is 0 Å². The van der Waals surface area contributed by atoms with Crippen LogP contribution in [0, 0.1) is 17.8 Å². The van der Waals surface area contributed by atoms with Crippen molar-refractivity contribution in [3.8, 4) is 0 Å². The molecule has 0 saturated heterocycles. The minimum absolute atomic E-state index is 0.439. The topological polar surface area (TPSA) is 21.3 Å². The van der Waals surface area contributed by atoms with E-state index in [1.54, 1.807) is 0 Å². The Bertz CT molecular complexity index is 254. The normalized spacial score (nSPS) is 31.9. The quantitative estimate of drug-likeness (QED) is 0.780. The van der Waals surface area contributed by atoms with Crippen LogP contribution in [0.1, 0.15) is 71.6 Å². The molecule has 0 aromatic carbocycles. The maximum Gasteiger partial charge on any atom is 0.0755 e. The van der Waals surface area contributed by atoms with Gasteiger partial charge in [-0.3, -0.25) is 0 Å². The second kappa shape index (κ2) is 8.38. The van der Waals surface area contributed by atoms with Gasteiger partial charge >= 0.3 is 0 Å². The number of rotatable bonds is 6. The third-order valence-electron chi connectivity index (χ3n) is 5.75. The van der Waals surface area contributed by atoms with Gasteiger partial charge in [0.25, 0.3) is 0 Å². The van der Waals surface area contributed by atoms with Gasteiger partial charge in [0.1, 0.15) is 0 Å². The van der Waals surface area contributed by atoms with E-state index in [4.69, 9.17) is 4.74 Å². The van der Waals surface area contributed by atoms with Gasteiger partial charge in [0.15, 0.2) is 0 Å². The van der Waals surface area contributed by atoms with Crippen LogP contribution in [0.15, 0.2) is 0 Å². The highest BCUT2D eigenvalue weighted by Crippen LogP contribution is 2.36. The molecule has 20 heavy (non-hydrogen) atoms.